The highest BCUT2D eigenvalue weighted by Gasteiger charge is 2.51. The van der Waals surface area contributed by atoms with E-state index in [4.69, 9.17) is 18.9 Å². The summed E-state index contributed by atoms with van der Waals surface area (Å²) in [6.45, 7) is 0. The first-order valence-corrected chi connectivity index (χ1v) is 9.76. The molecule has 0 aromatic heterocycles. The van der Waals surface area contributed by atoms with Gasteiger partial charge in [-0.2, -0.15) is 8.78 Å². The number of rotatable bonds is 10. The van der Waals surface area contributed by atoms with Crippen molar-refractivity contribution < 1.29 is 51.6 Å². The number of nitrogens with one attached hydrogen (secondary N) is 1. The molecule has 0 aliphatic carbocycles. The van der Waals surface area contributed by atoms with Gasteiger partial charge in [-0.25, -0.2) is 9.59 Å². The minimum absolute atomic E-state index is 0.0818. The van der Waals surface area contributed by atoms with Crippen LogP contribution in [0.4, 0.5) is 14.5 Å². The molecule has 0 unspecified atom stereocenters. The molecule has 12 heteroatoms. The van der Waals surface area contributed by atoms with E-state index in [0.29, 0.717) is 29.9 Å². The number of carbonyl (C=O) groups excluding carboxylic acids is 3. The molecule has 2 aromatic carbocycles. The van der Waals surface area contributed by atoms with Gasteiger partial charge in [0.05, 0.1) is 41.1 Å². The number of hydrogen-bond acceptors (Lipinski definition) is 9. The van der Waals surface area contributed by atoms with E-state index in [0.717, 1.165) is 6.07 Å². The molecule has 0 spiro atoms. The van der Waals surface area contributed by atoms with Crippen molar-refractivity contribution in [3.8, 4) is 28.7 Å². The Labute approximate surface area is 199 Å². The van der Waals surface area contributed by atoms with Gasteiger partial charge < -0.3 is 33.7 Å². The van der Waals surface area contributed by atoms with Crippen LogP contribution in [0.15, 0.2) is 36.4 Å². The third-order valence-electron chi connectivity index (χ3n) is 4.49. The molecule has 0 radical (unpaired) electrons. The Hall–Kier alpha value is -4.35. The Kier molecular flexibility index (Phi) is 8.98. The first-order valence-electron chi connectivity index (χ1n) is 9.76. The maximum atomic E-state index is 13.8. The average Bonchev–Trinajstić information content (AvgIpc) is 2.86. The van der Waals surface area contributed by atoms with Crippen LogP contribution in [0.3, 0.4) is 0 Å². The molecule has 188 valence electrons. The lowest BCUT2D eigenvalue weighted by atomic mass is 10.1. The van der Waals surface area contributed by atoms with Gasteiger partial charge in [0.25, 0.3) is 0 Å². The predicted molar refractivity (Wildman–Crippen MR) is 119 cm³/mol. The number of hydrogen-bond donors (Lipinski definition) is 1. The zero-order chi connectivity index (χ0) is 26.2. The van der Waals surface area contributed by atoms with Crippen LogP contribution >= 0.6 is 0 Å². The summed E-state index contributed by atoms with van der Waals surface area (Å²) in [4.78, 5) is 35.4. The molecular weight excluding hydrogens is 472 g/mol. The number of anilines is 1. The highest BCUT2D eigenvalue weighted by Crippen LogP contribution is 2.35. The lowest BCUT2D eigenvalue weighted by Crippen LogP contribution is -2.41. The Morgan fingerprint density at radius 1 is 0.800 bits per heavy atom. The third-order valence-corrected chi connectivity index (χ3v) is 4.49. The Balaban J connectivity index is 2.25. The largest absolute Gasteiger partial charge is 0.496 e. The molecule has 0 fully saturated rings. The van der Waals surface area contributed by atoms with Crippen molar-refractivity contribution in [3.63, 3.8) is 0 Å². The summed E-state index contributed by atoms with van der Waals surface area (Å²) in [5, 5.41) is 2.49. The van der Waals surface area contributed by atoms with E-state index in [9.17, 15) is 23.2 Å². The number of alkyl halides is 2. The minimum atomic E-state index is -4.54. The van der Waals surface area contributed by atoms with Crippen LogP contribution in [0.5, 0.6) is 28.7 Å². The van der Waals surface area contributed by atoms with Crippen molar-refractivity contribution in [2.45, 2.75) is 5.92 Å². The van der Waals surface area contributed by atoms with Gasteiger partial charge in [-0.1, -0.05) is 0 Å². The quantitative estimate of drug-likeness (QED) is 0.230. The van der Waals surface area contributed by atoms with E-state index in [2.05, 4.69) is 14.8 Å². The van der Waals surface area contributed by atoms with Crippen LogP contribution in [-0.4, -0.2) is 59.3 Å². The normalized spacial score (nSPS) is 10.9. The Morgan fingerprint density at radius 2 is 1.40 bits per heavy atom. The van der Waals surface area contributed by atoms with Gasteiger partial charge in [-0.15, -0.1) is 0 Å². The van der Waals surface area contributed by atoms with Gasteiger partial charge >= 0.3 is 17.9 Å². The molecule has 0 bridgehead atoms. The number of ether oxygens (including phenoxy) is 6. The smallest absolute Gasteiger partial charge is 0.437 e. The predicted octanol–water partition coefficient (Wildman–Crippen LogP) is 3.09. The van der Waals surface area contributed by atoms with E-state index in [1.54, 1.807) is 12.1 Å². The van der Waals surface area contributed by atoms with Crippen LogP contribution in [-0.2, 0) is 19.1 Å². The zero-order valence-electron chi connectivity index (χ0n) is 19.5. The van der Waals surface area contributed by atoms with Crippen LogP contribution in [0, 0.1) is 0 Å². The van der Waals surface area contributed by atoms with Crippen molar-refractivity contribution >= 4 is 29.6 Å². The molecule has 0 saturated heterocycles. The summed E-state index contributed by atoms with van der Waals surface area (Å²) in [6, 6.07) is 6.94. The molecule has 0 atom stereocenters. The van der Waals surface area contributed by atoms with Gasteiger partial charge in [0.1, 0.15) is 17.2 Å². The number of amides is 1. The van der Waals surface area contributed by atoms with Crippen LogP contribution in [0.25, 0.3) is 6.08 Å². The van der Waals surface area contributed by atoms with Crippen molar-refractivity contribution in [1.82, 2.24) is 0 Å². The first kappa shape index (κ1) is 26.9. The van der Waals surface area contributed by atoms with Gasteiger partial charge in [-0.05, 0) is 18.2 Å². The molecule has 35 heavy (non-hydrogen) atoms. The summed E-state index contributed by atoms with van der Waals surface area (Å²) in [7, 11) is 6.27. The molecule has 2 rings (SSSR count). The second-order valence-electron chi connectivity index (χ2n) is 6.59. The fraction of sp³-hybridized carbons (Fsp3) is 0.261. The third kappa shape index (κ3) is 6.37. The van der Waals surface area contributed by atoms with E-state index >= 15 is 0 Å². The number of benzene rings is 2. The monoisotopic (exact) mass is 495 g/mol. The Morgan fingerprint density at radius 3 is 1.91 bits per heavy atom. The van der Waals surface area contributed by atoms with Crippen molar-refractivity contribution in [2.24, 2.45) is 0 Å². The topological polar surface area (TPSA) is 119 Å². The minimum Gasteiger partial charge on any atom is -0.496 e. The fourth-order valence-electron chi connectivity index (χ4n) is 2.75. The number of methoxy groups -OCH3 is 5. The molecule has 0 saturated carbocycles. The lowest BCUT2D eigenvalue weighted by molar-refractivity contribution is -0.183. The van der Waals surface area contributed by atoms with Gasteiger partial charge in [-0.3, -0.25) is 4.79 Å². The van der Waals surface area contributed by atoms with E-state index in [1.165, 1.54) is 52.7 Å². The SMILES string of the molecule is COC(=O)C(F)(F)C(=O)Oc1cc(NC(=O)/C=C/c2c(OC)cc(OC)cc2OC)ccc1OC. The van der Waals surface area contributed by atoms with Crippen LogP contribution < -0.4 is 29.0 Å². The maximum Gasteiger partial charge on any atom is 0.437 e. The first-order chi connectivity index (χ1) is 16.6. The molecule has 0 heterocycles. The van der Waals surface area contributed by atoms with Gasteiger partial charge in [0.2, 0.25) is 5.91 Å². The second-order valence-corrected chi connectivity index (χ2v) is 6.59. The number of carbonyl (C=O) groups is 3. The van der Waals surface area contributed by atoms with Crippen molar-refractivity contribution in [2.75, 3.05) is 40.9 Å². The second kappa shape index (κ2) is 11.7. The molecule has 1 amide bonds. The summed E-state index contributed by atoms with van der Waals surface area (Å²) in [5.74, 6) is -8.72. The highest BCUT2D eigenvalue weighted by molar-refractivity contribution is 6.03. The molecule has 1 N–H and O–H groups in total. The summed E-state index contributed by atoms with van der Waals surface area (Å²) >= 11 is 0. The Bertz CT molecular complexity index is 1110. The standard InChI is InChI=1S/C23H23F2NO9/c1-30-14-11-17(32-3)15(18(12-14)33-4)7-9-20(27)26-13-6-8-16(31-2)19(10-13)35-22(29)23(24,25)21(28)34-5/h6-12H,1-5H3,(H,26,27)/b9-7+. The van der Waals surface area contributed by atoms with E-state index < -0.39 is 29.5 Å². The molecule has 2 aromatic rings. The molecular formula is C23H23F2NO9. The molecule has 0 aliphatic heterocycles. The number of esters is 2. The van der Waals surface area contributed by atoms with Crippen LogP contribution in [0.2, 0.25) is 0 Å². The highest BCUT2D eigenvalue weighted by atomic mass is 19.3. The summed E-state index contributed by atoms with van der Waals surface area (Å²) in [6.07, 6.45) is 2.61. The van der Waals surface area contributed by atoms with Crippen molar-refractivity contribution in [3.05, 3.63) is 42.0 Å². The van der Waals surface area contributed by atoms with Gasteiger partial charge in [0, 0.05) is 30.0 Å². The zero-order valence-corrected chi connectivity index (χ0v) is 19.5. The van der Waals surface area contributed by atoms with Crippen LogP contribution in [0.1, 0.15) is 5.56 Å². The van der Waals surface area contributed by atoms with Crippen molar-refractivity contribution in [1.29, 1.82) is 0 Å². The van der Waals surface area contributed by atoms with E-state index in [1.807, 2.05) is 0 Å². The summed E-state index contributed by atoms with van der Waals surface area (Å²) in [5.41, 5.74) is 0.540. The molecule has 10 nitrogen and oxygen atoms in total. The molecule has 0 aliphatic rings. The van der Waals surface area contributed by atoms with Gasteiger partial charge in [0.15, 0.2) is 11.5 Å². The van der Waals surface area contributed by atoms with E-state index in [-0.39, 0.29) is 11.4 Å². The average molecular weight is 495 g/mol. The fourth-order valence-corrected chi connectivity index (χ4v) is 2.75. The lowest BCUT2D eigenvalue weighted by Gasteiger charge is -2.15. The number of halogens is 2. The summed E-state index contributed by atoms with van der Waals surface area (Å²) < 4.78 is 56.9. The maximum absolute atomic E-state index is 13.8.